The molecule has 0 amide bonds. The van der Waals surface area contributed by atoms with E-state index in [1.54, 1.807) is 6.07 Å². The minimum absolute atomic E-state index is 0.0434. The fourth-order valence-corrected chi connectivity index (χ4v) is 3.00. The van der Waals surface area contributed by atoms with Gasteiger partial charge in [-0.15, -0.1) is 0 Å². The summed E-state index contributed by atoms with van der Waals surface area (Å²) >= 11 is 0. The van der Waals surface area contributed by atoms with Crippen molar-refractivity contribution >= 4 is 0 Å². The number of ether oxygens (including phenoxy) is 1. The predicted molar refractivity (Wildman–Crippen MR) is 66.7 cm³/mol. The molecule has 0 aromatic carbocycles. The molecule has 1 aromatic rings. The van der Waals surface area contributed by atoms with Crippen LogP contribution in [0.25, 0.3) is 0 Å². The number of nitrogens with one attached hydrogen (secondary N) is 1. The topological polar surface area (TPSA) is 34.1 Å². The predicted octanol–water partition coefficient (Wildman–Crippen LogP) is 2.58. The lowest BCUT2D eigenvalue weighted by molar-refractivity contribution is -0.0484. The molecule has 18 heavy (non-hydrogen) atoms. The normalized spacial score (nSPS) is 27.3. The molecular weight excluding hydrogens is 231 g/mol. The highest BCUT2D eigenvalue weighted by molar-refractivity contribution is 5.10. The van der Waals surface area contributed by atoms with Gasteiger partial charge in [0.15, 0.2) is 0 Å². The zero-order valence-electron chi connectivity index (χ0n) is 10.5. The molecule has 98 valence electrons. The standard InChI is InChI=1S/C14H19FN2O/c15-11-4-5-12(16-8-11)13-9-17-14(10-18-13)6-2-1-3-7-14/h4-5,8,13,17H,1-3,6-7,9-10H2. The van der Waals surface area contributed by atoms with Crippen molar-refractivity contribution in [1.29, 1.82) is 0 Å². The van der Waals surface area contributed by atoms with Gasteiger partial charge >= 0.3 is 0 Å². The summed E-state index contributed by atoms with van der Waals surface area (Å²) in [5.74, 6) is -0.300. The van der Waals surface area contributed by atoms with Gasteiger partial charge in [-0.3, -0.25) is 4.98 Å². The van der Waals surface area contributed by atoms with Gasteiger partial charge in [-0.2, -0.15) is 0 Å². The highest BCUT2D eigenvalue weighted by Crippen LogP contribution is 2.33. The van der Waals surface area contributed by atoms with Crippen LogP contribution in [0.15, 0.2) is 18.3 Å². The number of aromatic nitrogens is 1. The quantitative estimate of drug-likeness (QED) is 0.832. The average Bonchev–Trinajstić information content (AvgIpc) is 2.42. The summed E-state index contributed by atoms with van der Waals surface area (Å²) in [6.45, 7) is 1.52. The SMILES string of the molecule is Fc1ccc(C2CNC3(CCCCC3)CO2)nc1. The van der Waals surface area contributed by atoms with Crippen molar-refractivity contribution in [3.63, 3.8) is 0 Å². The summed E-state index contributed by atoms with van der Waals surface area (Å²) in [4.78, 5) is 4.10. The molecule has 1 unspecified atom stereocenters. The number of hydrogen-bond acceptors (Lipinski definition) is 3. The van der Waals surface area contributed by atoms with Gasteiger partial charge in [0.1, 0.15) is 11.9 Å². The molecule has 3 nitrogen and oxygen atoms in total. The van der Waals surface area contributed by atoms with Crippen LogP contribution in [0.4, 0.5) is 4.39 Å². The third-order valence-electron chi connectivity index (χ3n) is 4.11. The van der Waals surface area contributed by atoms with E-state index >= 15 is 0 Å². The molecular formula is C14H19FN2O. The molecule has 1 saturated heterocycles. The second-order valence-electron chi connectivity index (χ2n) is 5.42. The van der Waals surface area contributed by atoms with Crippen molar-refractivity contribution in [3.8, 4) is 0 Å². The molecule has 1 saturated carbocycles. The van der Waals surface area contributed by atoms with Crippen LogP contribution in [-0.4, -0.2) is 23.7 Å². The van der Waals surface area contributed by atoms with Crippen molar-refractivity contribution in [2.45, 2.75) is 43.7 Å². The first-order chi connectivity index (χ1) is 8.77. The van der Waals surface area contributed by atoms with E-state index < -0.39 is 0 Å². The maximum absolute atomic E-state index is 12.8. The van der Waals surface area contributed by atoms with Crippen LogP contribution in [0.5, 0.6) is 0 Å². The first kappa shape index (κ1) is 12.1. The molecule has 1 spiro atoms. The molecule has 2 aliphatic rings. The second-order valence-corrected chi connectivity index (χ2v) is 5.42. The summed E-state index contributed by atoms with van der Waals surface area (Å²) in [6, 6.07) is 3.15. The fourth-order valence-electron chi connectivity index (χ4n) is 3.00. The molecule has 2 fully saturated rings. The molecule has 1 aliphatic carbocycles. The monoisotopic (exact) mass is 250 g/mol. The Kier molecular flexibility index (Phi) is 3.31. The van der Waals surface area contributed by atoms with Crippen LogP contribution in [0.1, 0.15) is 43.9 Å². The van der Waals surface area contributed by atoms with Crippen LogP contribution in [0, 0.1) is 5.82 Å². The number of pyridine rings is 1. The Balaban J connectivity index is 1.64. The van der Waals surface area contributed by atoms with Crippen molar-refractivity contribution in [1.82, 2.24) is 10.3 Å². The van der Waals surface area contributed by atoms with E-state index in [1.807, 2.05) is 0 Å². The van der Waals surface area contributed by atoms with Crippen LogP contribution < -0.4 is 5.32 Å². The summed E-state index contributed by atoms with van der Waals surface area (Å²) in [5, 5.41) is 3.64. The van der Waals surface area contributed by atoms with E-state index in [1.165, 1.54) is 44.4 Å². The van der Waals surface area contributed by atoms with Gasteiger partial charge in [0.2, 0.25) is 0 Å². The Morgan fingerprint density at radius 1 is 1.28 bits per heavy atom. The highest BCUT2D eigenvalue weighted by atomic mass is 19.1. The van der Waals surface area contributed by atoms with E-state index in [9.17, 15) is 4.39 Å². The Labute approximate surface area is 107 Å². The van der Waals surface area contributed by atoms with Gasteiger partial charge in [-0.25, -0.2) is 4.39 Å². The zero-order chi connectivity index (χ0) is 12.4. The summed E-state index contributed by atoms with van der Waals surface area (Å²) < 4.78 is 18.8. The van der Waals surface area contributed by atoms with Gasteiger partial charge in [0.05, 0.1) is 18.5 Å². The van der Waals surface area contributed by atoms with Gasteiger partial charge in [0.25, 0.3) is 0 Å². The Morgan fingerprint density at radius 3 is 2.72 bits per heavy atom. The fraction of sp³-hybridized carbons (Fsp3) is 0.643. The average molecular weight is 250 g/mol. The van der Waals surface area contributed by atoms with Crippen LogP contribution >= 0.6 is 0 Å². The van der Waals surface area contributed by atoms with Gasteiger partial charge in [-0.1, -0.05) is 19.3 Å². The van der Waals surface area contributed by atoms with Crippen LogP contribution in [0.3, 0.4) is 0 Å². The van der Waals surface area contributed by atoms with E-state index in [0.717, 1.165) is 18.8 Å². The Morgan fingerprint density at radius 2 is 2.11 bits per heavy atom. The smallest absolute Gasteiger partial charge is 0.141 e. The summed E-state index contributed by atoms with van der Waals surface area (Å²) in [5.41, 5.74) is 1.00. The lowest BCUT2D eigenvalue weighted by Crippen LogP contribution is -2.55. The van der Waals surface area contributed by atoms with Gasteiger partial charge < -0.3 is 10.1 Å². The largest absolute Gasteiger partial charge is 0.369 e. The molecule has 2 heterocycles. The van der Waals surface area contributed by atoms with Gasteiger partial charge in [-0.05, 0) is 25.0 Å². The second kappa shape index (κ2) is 4.94. The van der Waals surface area contributed by atoms with Crippen LogP contribution in [0.2, 0.25) is 0 Å². The maximum Gasteiger partial charge on any atom is 0.141 e. The van der Waals surface area contributed by atoms with Crippen molar-refractivity contribution in [2.24, 2.45) is 0 Å². The number of nitrogens with zero attached hydrogens (tertiary/aromatic N) is 1. The molecule has 1 aliphatic heterocycles. The third-order valence-corrected chi connectivity index (χ3v) is 4.11. The first-order valence-corrected chi connectivity index (χ1v) is 6.76. The van der Waals surface area contributed by atoms with Crippen molar-refractivity contribution in [2.75, 3.05) is 13.2 Å². The lowest BCUT2D eigenvalue weighted by Gasteiger charge is -2.43. The van der Waals surface area contributed by atoms with Crippen molar-refractivity contribution < 1.29 is 9.13 Å². The van der Waals surface area contributed by atoms with Gasteiger partial charge in [0, 0.05) is 12.1 Å². The molecule has 0 radical (unpaired) electrons. The molecule has 1 atom stereocenters. The van der Waals surface area contributed by atoms with E-state index in [4.69, 9.17) is 4.74 Å². The van der Waals surface area contributed by atoms with E-state index in [2.05, 4.69) is 10.3 Å². The number of hydrogen-bond donors (Lipinski definition) is 1. The minimum Gasteiger partial charge on any atom is -0.369 e. The number of rotatable bonds is 1. The molecule has 1 aromatic heterocycles. The molecule has 3 rings (SSSR count). The van der Waals surface area contributed by atoms with E-state index in [-0.39, 0.29) is 17.5 Å². The van der Waals surface area contributed by atoms with Crippen molar-refractivity contribution in [3.05, 3.63) is 29.8 Å². The summed E-state index contributed by atoms with van der Waals surface area (Å²) in [6.07, 6.45) is 7.53. The number of morpholine rings is 1. The first-order valence-electron chi connectivity index (χ1n) is 6.76. The Hall–Kier alpha value is -1.00. The summed E-state index contributed by atoms with van der Waals surface area (Å²) in [7, 11) is 0. The molecule has 4 heteroatoms. The molecule has 0 bridgehead atoms. The molecule has 1 N–H and O–H groups in total. The lowest BCUT2D eigenvalue weighted by atomic mass is 9.81. The highest BCUT2D eigenvalue weighted by Gasteiger charge is 2.37. The minimum atomic E-state index is -0.300. The van der Waals surface area contributed by atoms with E-state index in [0.29, 0.717) is 0 Å². The number of halogens is 1. The zero-order valence-corrected chi connectivity index (χ0v) is 10.5. The van der Waals surface area contributed by atoms with Crippen LogP contribution in [-0.2, 0) is 4.74 Å². The third kappa shape index (κ3) is 2.40. The Bertz CT molecular complexity index is 391. The maximum atomic E-state index is 12.8.